The third kappa shape index (κ3) is 2.94. The number of nitrogens with two attached hydrogens (primary N) is 1. The normalized spacial score (nSPS) is 11.3. The number of benzene rings is 2. The van der Waals surface area contributed by atoms with Crippen molar-refractivity contribution in [2.45, 2.75) is 11.4 Å². The van der Waals surface area contributed by atoms with E-state index in [-0.39, 0.29) is 12.2 Å². The van der Waals surface area contributed by atoms with E-state index in [1.807, 2.05) is 0 Å². The standard InChI is InChI=1S/C13H12F2N2O2S/c14-10-5-6-13(11(15)7-10)20(18,19)17-12-4-2-1-3-9(12)8-16/h1-7,17H,8,16H2. The van der Waals surface area contributed by atoms with E-state index in [0.29, 0.717) is 11.6 Å². The smallest absolute Gasteiger partial charge is 0.264 e. The van der Waals surface area contributed by atoms with Gasteiger partial charge in [0.05, 0.1) is 5.69 Å². The quantitative estimate of drug-likeness (QED) is 0.909. The largest absolute Gasteiger partial charge is 0.326 e. The molecule has 0 aromatic heterocycles. The Labute approximate surface area is 115 Å². The van der Waals surface area contributed by atoms with Crippen molar-refractivity contribution < 1.29 is 17.2 Å². The summed E-state index contributed by atoms with van der Waals surface area (Å²) >= 11 is 0. The topological polar surface area (TPSA) is 72.2 Å². The second kappa shape index (κ2) is 5.56. The average molecular weight is 298 g/mol. The van der Waals surface area contributed by atoms with Gasteiger partial charge < -0.3 is 5.73 Å². The lowest BCUT2D eigenvalue weighted by Crippen LogP contribution is -2.16. The molecule has 0 amide bonds. The van der Waals surface area contributed by atoms with Gasteiger partial charge in [0, 0.05) is 12.6 Å². The molecule has 0 fully saturated rings. The maximum atomic E-state index is 13.5. The zero-order chi connectivity index (χ0) is 14.8. The lowest BCUT2D eigenvalue weighted by atomic mass is 10.2. The lowest BCUT2D eigenvalue weighted by molar-refractivity contribution is 0.551. The Hall–Kier alpha value is -1.99. The van der Waals surface area contributed by atoms with Gasteiger partial charge in [-0.05, 0) is 23.8 Å². The van der Waals surface area contributed by atoms with E-state index in [9.17, 15) is 17.2 Å². The summed E-state index contributed by atoms with van der Waals surface area (Å²) in [5.74, 6) is -1.99. The van der Waals surface area contributed by atoms with Crippen molar-refractivity contribution in [3.05, 3.63) is 59.7 Å². The molecule has 0 saturated carbocycles. The Morgan fingerprint density at radius 2 is 1.80 bits per heavy atom. The van der Waals surface area contributed by atoms with E-state index in [1.165, 1.54) is 6.07 Å². The van der Waals surface area contributed by atoms with Gasteiger partial charge in [0.1, 0.15) is 16.5 Å². The minimum absolute atomic E-state index is 0.130. The summed E-state index contributed by atoms with van der Waals surface area (Å²) in [7, 11) is -4.14. The predicted molar refractivity (Wildman–Crippen MR) is 71.5 cm³/mol. The molecule has 0 unspecified atom stereocenters. The van der Waals surface area contributed by atoms with Crippen molar-refractivity contribution in [1.82, 2.24) is 0 Å². The number of hydrogen-bond donors (Lipinski definition) is 2. The van der Waals surface area contributed by atoms with Crippen molar-refractivity contribution in [3.63, 3.8) is 0 Å². The van der Waals surface area contributed by atoms with Crippen LogP contribution in [0.4, 0.5) is 14.5 Å². The van der Waals surface area contributed by atoms with Crippen LogP contribution in [0.1, 0.15) is 5.56 Å². The number of anilines is 1. The summed E-state index contributed by atoms with van der Waals surface area (Å²) in [5, 5.41) is 0. The maximum absolute atomic E-state index is 13.5. The monoisotopic (exact) mass is 298 g/mol. The van der Waals surface area contributed by atoms with E-state index in [2.05, 4.69) is 4.72 Å². The van der Waals surface area contributed by atoms with Gasteiger partial charge in [-0.2, -0.15) is 0 Å². The Morgan fingerprint density at radius 1 is 1.10 bits per heavy atom. The molecule has 2 aromatic rings. The Balaban J connectivity index is 2.41. The number of rotatable bonds is 4. The summed E-state index contributed by atoms with van der Waals surface area (Å²) in [6, 6.07) is 8.77. The highest BCUT2D eigenvalue weighted by molar-refractivity contribution is 7.92. The van der Waals surface area contributed by atoms with Gasteiger partial charge in [0.2, 0.25) is 0 Å². The van der Waals surface area contributed by atoms with Crippen LogP contribution in [-0.2, 0) is 16.6 Å². The second-order valence-electron chi connectivity index (χ2n) is 4.04. The van der Waals surface area contributed by atoms with E-state index >= 15 is 0 Å². The molecule has 0 heterocycles. The van der Waals surface area contributed by atoms with Gasteiger partial charge in [-0.1, -0.05) is 18.2 Å². The summed E-state index contributed by atoms with van der Waals surface area (Å²) < 4.78 is 52.8. The first-order chi connectivity index (χ1) is 9.44. The average Bonchev–Trinajstić information content (AvgIpc) is 2.38. The second-order valence-corrected chi connectivity index (χ2v) is 5.69. The lowest BCUT2D eigenvalue weighted by Gasteiger charge is -2.12. The highest BCUT2D eigenvalue weighted by Gasteiger charge is 2.20. The fourth-order valence-corrected chi connectivity index (χ4v) is 2.85. The molecule has 0 aliphatic rings. The van der Waals surface area contributed by atoms with Gasteiger partial charge in [0.25, 0.3) is 10.0 Å². The Kier molecular flexibility index (Phi) is 4.01. The van der Waals surface area contributed by atoms with Crippen LogP contribution in [0.5, 0.6) is 0 Å². The van der Waals surface area contributed by atoms with E-state index < -0.39 is 26.6 Å². The predicted octanol–water partition coefficient (Wildman–Crippen LogP) is 2.22. The molecule has 0 atom stereocenters. The zero-order valence-corrected chi connectivity index (χ0v) is 11.1. The van der Waals surface area contributed by atoms with Crippen LogP contribution in [0, 0.1) is 11.6 Å². The van der Waals surface area contributed by atoms with Crippen molar-refractivity contribution in [2.24, 2.45) is 5.73 Å². The number of sulfonamides is 1. The van der Waals surface area contributed by atoms with Gasteiger partial charge in [-0.3, -0.25) is 4.72 Å². The minimum atomic E-state index is -4.14. The molecule has 4 nitrogen and oxygen atoms in total. The Bertz CT molecular complexity index is 733. The summed E-state index contributed by atoms with van der Waals surface area (Å²) in [6.07, 6.45) is 0. The van der Waals surface area contributed by atoms with Crippen LogP contribution < -0.4 is 10.5 Å². The first-order valence-electron chi connectivity index (χ1n) is 5.70. The highest BCUT2D eigenvalue weighted by atomic mass is 32.2. The highest BCUT2D eigenvalue weighted by Crippen LogP contribution is 2.22. The van der Waals surface area contributed by atoms with Crippen LogP contribution >= 0.6 is 0 Å². The maximum Gasteiger partial charge on any atom is 0.264 e. The van der Waals surface area contributed by atoms with E-state index in [1.54, 1.807) is 18.2 Å². The number of hydrogen-bond acceptors (Lipinski definition) is 3. The first-order valence-corrected chi connectivity index (χ1v) is 7.18. The van der Waals surface area contributed by atoms with E-state index in [4.69, 9.17) is 5.73 Å². The molecule has 106 valence electrons. The molecule has 0 bridgehead atoms. The van der Waals surface area contributed by atoms with Crippen LogP contribution in [0.2, 0.25) is 0 Å². The molecule has 0 spiro atoms. The number of para-hydroxylation sites is 1. The number of nitrogens with one attached hydrogen (secondary N) is 1. The van der Waals surface area contributed by atoms with Gasteiger partial charge in [0.15, 0.2) is 0 Å². The van der Waals surface area contributed by atoms with Crippen LogP contribution in [0.15, 0.2) is 47.4 Å². The third-order valence-corrected chi connectivity index (χ3v) is 4.06. The molecule has 0 saturated heterocycles. The first kappa shape index (κ1) is 14.4. The molecule has 2 aromatic carbocycles. The van der Waals surface area contributed by atoms with Crippen molar-refractivity contribution in [2.75, 3.05) is 4.72 Å². The molecule has 7 heteroatoms. The molecule has 0 radical (unpaired) electrons. The zero-order valence-electron chi connectivity index (χ0n) is 10.3. The molecule has 0 aliphatic carbocycles. The minimum Gasteiger partial charge on any atom is -0.326 e. The van der Waals surface area contributed by atoms with Gasteiger partial charge in [-0.25, -0.2) is 17.2 Å². The molecule has 20 heavy (non-hydrogen) atoms. The number of halogens is 2. The fraction of sp³-hybridized carbons (Fsp3) is 0.0769. The van der Waals surface area contributed by atoms with Crippen LogP contribution in [-0.4, -0.2) is 8.42 Å². The molecule has 0 aliphatic heterocycles. The fourth-order valence-electron chi connectivity index (χ4n) is 1.69. The van der Waals surface area contributed by atoms with Gasteiger partial charge >= 0.3 is 0 Å². The van der Waals surface area contributed by atoms with Gasteiger partial charge in [-0.15, -0.1) is 0 Å². The Morgan fingerprint density at radius 3 is 2.45 bits per heavy atom. The molecular weight excluding hydrogens is 286 g/mol. The van der Waals surface area contributed by atoms with Crippen LogP contribution in [0.3, 0.4) is 0 Å². The summed E-state index contributed by atoms with van der Waals surface area (Å²) in [4.78, 5) is -0.620. The molecular formula is C13H12F2N2O2S. The van der Waals surface area contributed by atoms with Crippen molar-refractivity contribution in [3.8, 4) is 0 Å². The van der Waals surface area contributed by atoms with E-state index in [0.717, 1.165) is 12.1 Å². The van der Waals surface area contributed by atoms with Crippen molar-refractivity contribution in [1.29, 1.82) is 0 Å². The summed E-state index contributed by atoms with van der Waals surface area (Å²) in [5.41, 5.74) is 6.33. The molecule has 3 N–H and O–H groups in total. The van der Waals surface area contributed by atoms with Crippen molar-refractivity contribution >= 4 is 15.7 Å². The van der Waals surface area contributed by atoms with Crippen LogP contribution in [0.25, 0.3) is 0 Å². The third-order valence-electron chi connectivity index (χ3n) is 2.67. The molecule has 2 rings (SSSR count). The summed E-state index contributed by atoms with van der Waals surface area (Å²) in [6.45, 7) is 0.130. The SMILES string of the molecule is NCc1ccccc1NS(=O)(=O)c1ccc(F)cc1F.